The van der Waals surface area contributed by atoms with Gasteiger partial charge in [-0.1, -0.05) is 6.92 Å². The van der Waals surface area contributed by atoms with E-state index in [1.165, 1.54) is 15.3 Å². The molecule has 0 amide bonds. The minimum absolute atomic E-state index is 0.0786. The molecule has 1 saturated heterocycles. The fourth-order valence-corrected chi connectivity index (χ4v) is 4.63. The van der Waals surface area contributed by atoms with Gasteiger partial charge in [0.15, 0.2) is 0 Å². The summed E-state index contributed by atoms with van der Waals surface area (Å²) in [6.45, 7) is 10.9. The highest BCUT2D eigenvalue weighted by atomic mass is 35.5. The van der Waals surface area contributed by atoms with Gasteiger partial charge in [-0.25, -0.2) is 0 Å². The first-order valence-electron chi connectivity index (χ1n) is 6.28. The fraction of sp³-hybridized carbons (Fsp3) is 0.714. The van der Waals surface area contributed by atoms with Gasteiger partial charge in [-0.3, -0.25) is 0 Å². The van der Waals surface area contributed by atoms with Crippen LogP contribution in [-0.4, -0.2) is 12.2 Å². The number of aryl methyl sites for hydroxylation is 2. The van der Waals surface area contributed by atoms with E-state index in [0.717, 1.165) is 0 Å². The molecule has 0 aromatic carbocycles. The number of halogens is 1. The van der Waals surface area contributed by atoms with Crippen molar-refractivity contribution in [2.24, 2.45) is 11.8 Å². The highest BCUT2D eigenvalue weighted by Gasteiger charge is 2.42. The van der Waals surface area contributed by atoms with Crippen molar-refractivity contribution < 1.29 is 4.74 Å². The standard InChI is InChI=1S/C14H21ClOS/c1-7-6-12(11(5)17-7)14(15)13-8(2)9(3)16-10(13)4/h6,8-10,13-14H,1-5H3. The molecule has 1 aromatic rings. The molecule has 17 heavy (non-hydrogen) atoms. The smallest absolute Gasteiger partial charge is 0.0652 e. The summed E-state index contributed by atoms with van der Waals surface area (Å²) >= 11 is 8.55. The van der Waals surface area contributed by atoms with Gasteiger partial charge in [0.1, 0.15) is 0 Å². The van der Waals surface area contributed by atoms with Crippen LogP contribution < -0.4 is 0 Å². The summed E-state index contributed by atoms with van der Waals surface area (Å²) in [5, 5.41) is 0.0786. The number of thiophene rings is 1. The Balaban J connectivity index is 2.25. The summed E-state index contributed by atoms with van der Waals surface area (Å²) in [5.74, 6) is 0.937. The lowest BCUT2D eigenvalue weighted by atomic mass is 9.84. The van der Waals surface area contributed by atoms with Crippen molar-refractivity contribution >= 4 is 22.9 Å². The van der Waals surface area contributed by atoms with Crippen molar-refractivity contribution in [3.05, 3.63) is 21.4 Å². The molecule has 2 heterocycles. The molecule has 1 aliphatic rings. The van der Waals surface area contributed by atoms with E-state index < -0.39 is 0 Å². The molecule has 96 valence electrons. The summed E-state index contributed by atoms with van der Waals surface area (Å²) in [5.41, 5.74) is 1.30. The third kappa shape index (κ3) is 2.40. The first-order valence-corrected chi connectivity index (χ1v) is 7.53. The zero-order valence-electron chi connectivity index (χ0n) is 11.2. The van der Waals surface area contributed by atoms with Crippen molar-refractivity contribution in [1.82, 2.24) is 0 Å². The second kappa shape index (κ2) is 4.91. The normalized spacial score (nSPS) is 35.2. The molecule has 0 radical (unpaired) electrons. The molecule has 1 fully saturated rings. The first-order chi connectivity index (χ1) is 7.91. The van der Waals surface area contributed by atoms with E-state index in [1.807, 2.05) is 11.3 Å². The van der Waals surface area contributed by atoms with E-state index in [2.05, 4.69) is 40.7 Å². The molecule has 0 N–H and O–H groups in total. The maximum absolute atomic E-state index is 6.71. The van der Waals surface area contributed by atoms with Crippen LogP contribution in [0.2, 0.25) is 0 Å². The zero-order chi connectivity index (χ0) is 12.7. The SMILES string of the molecule is Cc1cc(C(Cl)C2C(C)OC(C)C2C)c(C)s1. The second-order valence-corrected chi connectivity index (χ2v) is 7.18. The highest BCUT2D eigenvalue weighted by molar-refractivity contribution is 7.12. The van der Waals surface area contributed by atoms with Crippen molar-refractivity contribution in [2.45, 2.75) is 52.2 Å². The van der Waals surface area contributed by atoms with E-state index in [1.54, 1.807) is 0 Å². The van der Waals surface area contributed by atoms with E-state index in [9.17, 15) is 0 Å². The third-order valence-corrected chi connectivity index (χ3v) is 5.54. The van der Waals surface area contributed by atoms with Gasteiger partial charge in [0, 0.05) is 15.7 Å². The predicted molar refractivity (Wildman–Crippen MR) is 75.1 cm³/mol. The van der Waals surface area contributed by atoms with Gasteiger partial charge in [0.05, 0.1) is 17.6 Å². The average Bonchev–Trinajstić information content (AvgIpc) is 2.68. The fourth-order valence-electron chi connectivity index (χ4n) is 2.93. The Kier molecular flexibility index (Phi) is 3.86. The minimum Gasteiger partial charge on any atom is -0.375 e. The van der Waals surface area contributed by atoms with Gasteiger partial charge in [0.25, 0.3) is 0 Å². The van der Waals surface area contributed by atoms with Gasteiger partial charge in [0.2, 0.25) is 0 Å². The first kappa shape index (κ1) is 13.4. The van der Waals surface area contributed by atoms with Crippen LogP contribution in [0.25, 0.3) is 0 Å². The lowest BCUT2D eigenvalue weighted by molar-refractivity contribution is 0.0508. The molecule has 1 aromatic heterocycles. The molecule has 0 aliphatic carbocycles. The number of rotatable bonds is 2. The van der Waals surface area contributed by atoms with Crippen LogP contribution in [0.4, 0.5) is 0 Å². The van der Waals surface area contributed by atoms with Crippen molar-refractivity contribution in [3.8, 4) is 0 Å². The number of hydrogen-bond acceptors (Lipinski definition) is 2. The molecule has 0 saturated carbocycles. The van der Waals surface area contributed by atoms with Gasteiger partial charge < -0.3 is 4.74 Å². The summed E-state index contributed by atoms with van der Waals surface area (Å²) in [7, 11) is 0. The molecular formula is C14H21ClOS. The molecular weight excluding hydrogens is 252 g/mol. The summed E-state index contributed by atoms with van der Waals surface area (Å²) in [4.78, 5) is 2.69. The maximum atomic E-state index is 6.71. The minimum atomic E-state index is 0.0786. The van der Waals surface area contributed by atoms with E-state index in [0.29, 0.717) is 17.9 Å². The maximum Gasteiger partial charge on any atom is 0.0652 e. The number of ether oxygens (including phenoxy) is 1. The Morgan fingerprint density at radius 3 is 2.29 bits per heavy atom. The quantitative estimate of drug-likeness (QED) is 0.709. The van der Waals surface area contributed by atoms with Gasteiger partial charge in [-0.2, -0.15) is 0 Å². The molecule has 5 atom stereocenters. The Morgan fingerprint density at radius 2 is 1.88 bits per heavy atom. The summed E-state index contributed by atoms with van der Waals surface area (Å²) < 4.78 is 5.89. The Hall–Kier alpha value is -0.0500. The van der Waals surface area contributed by atoms with Crippen molar-refractivity contribution in [2.75, 3.05) is 0 Å². The lowest BCUT2D eigenvalue weighted by Crippen LogP contribution is -2.22. The average molecular weight is 273 g/mol. The topological polar surface area (TPSA) is 9.23 Å². The molecule has 0 bridgehead atoms. The highest BCUT2D eigenvalue weighted by Crippen LogP contribution is 2.45. The monoisotopic (exact) mass is 272 g/mol. The predicted octanol–water partition coefficient (Wildman–Crippen LogP) is 4.70. The number of alkyl halides is 1. The Bertz CT molecular complexity index is 401. The van der Waals surface area contributed by atoms with E-state index in [-0.39, 0.29) is 11.5 Å². The molecule has 5 unspecified atom stereocenters. The van der Waals surface area contributed by atoms with Crippen LogP contribution in [-0.2, 0) is 4.74 Å². The van der Waals surface area contributed by atoms with Crippen LogP contribution >= 0.6 is 22.9 Å². The largest absolute Gasteiger partial charge is 0.375 e. The molecule has 0 spiro atoms. The van der Waals surface area contributed by atoms with Crippen LogP contribution in [0, 0.1) is 25.7 Å². The van der Waals surface area contributed by atoms with Crippen molar-refractivity contribution in [3.63, 3.8) is 0 Å². The van der Waals surface area contributed by atoms with Gasteiger partial charge in [-0.05, 0) is 45.2 Å². The van der Waals surface area contributed by atoms with Crippen molar-refractivity contribution in [1.29, 1.82) is 0 Å². The van der Waals surface area contributed by atoms with E-state index >= 15 is 0 Å². The van der Waals surface area contributed by atoms with Crippen LogP contribution in [0.5, 0.6) is 0 Å². The Morgan fingerprint density at radius 1 is 1.24 bits per heavy atom. The van der Waals surface area contributed by atoms with E-state index in [4.69, 9.17) is 16.3 Å². The molecule has 3 heteroatoms. The van der Waals surface area contributed by atoms with Crippen LogP contribution in [0.3, 0.4) is 0 Å². The summed E-state index contributed by atoms with van der Waals surface area (Å²) in [6, 6.07) is 2.24. The van der Waals surface area contributed by atoms with Crippen LogP contribution in [0.1, 0.15) is 41.5 Å². The Labute approximate surface area is 113 Å². The molecule has 1 nitrogen and oxygen atoms in total. The second-order valence-electron chi connectivity index (χ2n) is 5.25. The molecule has 2 rings (SSSR count). The van der Waals surface area contributed by atoms with Gasteiger partial charge >= 0.3 is 0 Å². The zero-order valence-corrected chi connectivity index (χ0v) is 12.7. The third-order valence-electron chi connectivity index (χ3n) is 4.03. The summed E-state index contributed by atoms with van der Waals surface area (Å²) in [6.07, 6.45) is 0.568. The lowest BCUT2D eigenvalue weighted by Gasteiger charge is -2.24. The molecule has 1 aliphatic heterocycles. The van der Waals surface area contributed by atoms with Gasteiger partial charge in [-0.15, -0.1) is 22.9 Å². The number of hydrogen-bond donors (Lipinski definition) is 0. The van der Waals surface area contributed by atoms with Crippen LogP contribution in [0.15, 0.2) is 6.07 Å².